The third-order valence-electron chi connectivity index (χ3n) is 10.3. The molecule has 0 radical (unpaired) electrons. The summed E-state index contributed by atoms with van der Waals surface area (Å²) in [6.45, 7) is 9.48. The first kappa shape index (κ1) is 41.4. The molecule has 0 N–H and O–H groups in total. The van der Waals surface area contributed by atoms with Crippen LogP contribution < -0.4 is 0 Å². The summed E-state index contributed by atoms with van der Waals surface area (Å²) in [5.74, 6) is 0. The second-order valence-electron chi connectivity index (χ2n) is 14.6. The third kappa shape index (κ3) is 25.5. The molecule has 262 valence electrons. The quantitative estimate of drug-likeness (QED) is 0.0646. The van der Waals surface area contributed by atoms with E-state index in [9.17, 15) is 0 Å². The second-order valence-corrected chi connectivity index (χ2v) is 14.6. The van der Waals surface area contributed by atoms with Crippen molar-refractivity contribution in [3.63, 3.8) is 0 Å². The van der Waals surface area contributed by atoms with Crippen molar-refractivity contribution >= 4 is 0 Å². The van der Waals surface area contributed by atoms with Gasteiger partial charge in [-0.25, -0.2) is 0 Å². The van der Waals surface area contributed by atoms with Gasteiger partial charge in [-0.15, -0.1) is 0 Å². The first-order chi connectivity index (χ1) is 21.8. The Morgan fingerprint density at radius 1 is 0.295 bits per heavy atom. The largest absolute Gasteiger partial charge is 0.356 e. The molecule has 0 saturated heterocycles. The van der Waals surface area contributed by atoms with Crippen LogP contribution in [0.25, 0.3) is 0 Å². The van der Waals surface area contributed by atoms with Gasteiger partial charge in [0.2, 0.25) is 0 Å². The molecule has 0 aromatic heterocycles. The molecule has 1 aliphatic rings. The molecular formula is C42H84N2. The smallest absolute Gasteiger partial charge is 0.101 e. The number of nitrogens with zero attached hydrogens (tertiary/aromatic N) is 2. The summed E-state index contributed by atoms with van der Waals surface area (Å²) in [6.07, 6.45) is 54.4. The van der Waals surface area contributed by atoms with E-state index in [1.807, 2.05) is 0 Å². The van der Waals surface area contributed by atoms with Gasteiger partial charge in [0.25, 0.3) is 0 Å². The monoisotopic (exact) mass is 617 g/mol. The molecule has 0 amide bonds. The molecule has 1 aliphatic heterocycles. The normalized spacial score (nSPS) is 14.8. The fourth-order valence-electron chi connectivity index (χ4n) is 7.25. The Morgan fingerprint density at radius 3 is 0.795 bits per heavy atom. The molecule has 0 aromatic carbocycles. The highest BCUT2D eigenvalue weighted by molar-refractivity contribution is 4.97. The summed E-state index contributed by atoms with van der Waals surface area (Å²) >= 11 is 0. The van der Waals surface area contributed by atoms with Crippen LogP contribution in [-0.4, -0.2) is 29.1 Å². The maximum atomic E-state index is 2.72. The molecule has 1 rings (SSSR count). The summed E-state index contributed by atoms with van der Waals surface area (Å²) in [5.41, 5.74) is 0. The molecule has 1 atom stereocenters. The Morgan fingerprint density at radius 2 is 0.523 bits per heavy atom. The van der Waals surface area contributed by atoms with Gasteiger partial charge < -0.3 is 9.80 Å². The van der Waals surface area contributed by atoms with Gasteiger partial charge in [0.1, 0.15) is 6.17 Å². The number of hydrogen-bond donors (Lipinski definition) is 0. The number of hydrogen-bond acceptors (Lipinski definition) is 2. The Hall–Kier alpha value is -0.660. The van der Waals surface area contributed by atoms with Crippen molar-refractivity contribution < 1.29 is 0 Å². The van der Waals surface area contributed by atoms with Crippen LogP contribution in [0.3, 0.4) is 0 Å². The van der Waals surface area contributed by atoms with E-state index in [-0.39, 0.29) is 0 Å². The SMILES string of the molecule is CCCCCCCCCCCCCCCN1C=CN(CCCCCCCCCCC)C1CCCCCCCCCCCCC. The number of rotatable bonds is 36. The molecule has 2 heteroatoms. The zero-order valence-electron chi connectivity index (χ0n) is 31.1. The van der Waals surface area contributed by atoms with Crippen molar-refractivity contribution in [2.45, 2.75) is 245 Å². The maximum absolute atomic E-state index is 2.72. The van der Waals surface area contributed by atoms with Crippen molar-refractivity contribution in [2.75, 3.05) is 13.1 Å². The van der Waals surface area contributed by atoms with Crippen molar-refractivity contribution in [3.8, 4) is 0 Å². The van der Waals surface area contributed by atoms with Gasteiger partial charge in [-0.1, -0.05) is 213 Å². The zero-order valence-corrected chi connectivity index (χ0v) is 31.1. The van der Waals surface area contributed by atoms with E-state index < -0.39 is 0 Å². The first-order valence-corrected chi connectivity index (χ1v) is 21.0. The van der Waals surface area contributed by atoms with Gasteiger partial charge in [-0.2, -0.15) is 0 Å². The lowest BCUT2D eigenvalue weighted by Gasteiger charge is -2.33. The fourth-order valence-corrected chi connectivity index (χ4v) is 7.25. The highest BCUT2D eigenvalue weighted by atomic mass is 15.4. The third-order valence-corrected chi connectivity index (χ3v) is 10.3. The molecule has 0 fully saturated rings. The van der Waals surface area contributed by atoms with Crippen LogP contribution >= 0.6 is 0 Å². The van der Waals surface area contributed by atoms with E-state index in [4.69, 9.17) is 0 Å². The van der Waals surface area contributed by atoms with Gasteiger partial charge in [-0.3, -0.25) is 0 Å². The van der Waals surface area contributed by atoms with Gasteiger partial charge in [0, 0.05) is 25.5 Å². The highest BCUT2D eigenvalue weighted by Gasteiger charge is 2.24. The lowest BCUT2D eigenvalue weighted by Crippen LogP contribution is -2.39. The van der Waals surface area contributed by atoms with Crippen molar-refractivity contribution in [1.29, 1.82) is 0 Å². The topological polar surface area (TPSA) is 6.48 Å². The van der Waals surface area contributed by atoms with Gasteiger partial charge in [0.15, 0.2) is 0 Å². The van der Waals surface area contributed by atoms with E-state index in [0.29, 0.717) is 6.17 Å². The Bertz CT molecular complexity index is 572. The van der Waals surface area contributed by atoms with E-state index in [1.165, 1.54) is 231 Å². The minimum atomic E-state index is 0.639. The number of unbranched alkanes of at least 4 members (excludes halogenated alkanes) is 30. The Balaban J connectivity index is 2.22. The van der Waals surface area contributed by atoms with E-state index in [1.54, 1.807) is 0 Å². The van der Waals surface area contributed by atoms with E-state index in [0.717, 1.165) is 0 Å². The molecule has 1 unspecified atom stereocenters. The molecule has 0 bridgehead atoms. The molecule has 0 spiro atoms. The summed E-state index contributed by atoms with van der Waals surface area (Å²) in [5, 5.41) is 0. The zero-order chi connectivity index (χ0) is 31.6. The minimum Gasteiger partial charge on any atom is -0.356 e. The van der Waals surface area contributed by atoms with Crippen LogP contribution in [-0.2, 0) is 0 Å². The summed E-state index contributed by atoms with van der Waals surface area (Å²) in [4.78, 5) is 5.45. The van der Waals surface area contributed by atoms with Crippen LogP contribution in [0.5, 0.6) is 0 Å². The molecule has 1 heterocycles. The predicted octanol–water partition coefficient (Wildman–Crippen LogP) is 14.7. The van der Waals surface area contributed by atoms with E-state index in [2.05, 4.69) is 43.0 Å². The average Bonchev–Trinajstić information content (AvgIpc) is 3.42. The van der Waals surface area contributed by atoms with Crippen LogP contribution in [0.2, 0.25) is 0 Å². The first-order valence-electron chi connectivity index (χ1n) is 21.0. The van der Waals surface area contributed by atoms with Gasteiger partial charge >= 0.3 is 0 Å². The van der Waals surface area contributed by atoms with E-state index >= 15 is 0 Å². The maximum Gasteiger partial charge on any atom is 0.101 e. The van der Waals surface area contributed by atoms with Crippen LogP contribution in [0, 0.1) is 0 Å². The molecule has 0 saturated carbocycles. The Kier molecular flexibility index (Phi) is 31.7. The molecule has 0 aromatic rings. The van der Waals surface area contributed by atoms with Crippen molar-refractivity contribution in [2.24, 2.45) is 0 Å². The summed E-state index contributed by atoms with van der Waals surface area (Å²) in [6, 6.07) is 0. The fraction of sp³-hybridized carbons (Fsp3) is 0.952. The lowest BCUT2D eigenvalue weighted by molar-refractivity contribution is 0.135. The predicted molar refractivity (Wildman–Crippen MR) is 200 cm³/mol. The van der Waals surface area contributed by atoms with Crippen molar-refractivity contribution in [1.82, 2.24) is 9.80 Å². The highest BCUT2D eigenvalue weighted by Crippen LogP contribution is 2.24. The molecule has 0 aliphatic carbocycles. The van der Waals surface area contributed by atoms with Crippen LogP contribution in [0.15, 0.2) is 12.4 Å². The molecule has 2 nitrogen and oxygen atoms in total. The second kappa shape index (κ2) is 33.7. The van der Waals surface area contributed by atoms with Crippen LogP contribution in [0.1, 0.15) is 239 Å². The summed E-state index contributed by atoms with van der Waals surface area (Å²) in [7, 11) is 0. The molecular weight excluding hydrogens is 532 g/mol. The van der Waals surface area contributed by atoms with Gasteiger partial charge in [-0.05, 0) is 25.7 Å². The average molecular weight is 617 g/mol. The van der Waals surface area contributed by atoms with Crippen molar-refractivity contribution in [3.05, 3.63) is 12.4 Å². The summed E-state index contributed by atoms with van der Waals surface area (Å²) < 4.78 is 0. The standard InChI is InChI=1S/C42H84N2/c1-4-7-10-13-16-19-21-22-24-27-30-33-36-39-44-41-40-43(38-35-32-29-26-18-15-12-9-6-3)42(44)37-34-31-28-25-23-20-17-14-11-8-5-2/h40-42H,4-39H2,1-3H3. The van der Waals surface area contributed by atoms with Gasteiger partial charge in [0.05, 0.1) is 0 Å². The molecule has 44 heavy (non-hydrogen) atoms. The minimum absolute atomic E-state index is 0.639. The van der Waals surface area contributed by atoms with Crippen LogP contribution in [0.4, 0.5) is 0 Å². The Labute approximate surface area is 280 Å². The lowest BCUT2D eigenvalue weighted by atomic mass is 10.0.